The second-order valence-electron chi connectivity index (χ2n) is 9.09. The van der Waals surface area contributed by atoms with Crippen molar-refractivity contribution in [3.05, 3.63) is 60.2 Å². The molecule has 1 amide bonds. The summed E-state index contributed by atoms with van der Waals surface area (Å²) < 4.78 is 37.6. The Kier molecular flexibility index (Phi) is 7.76. The molecule has 188 valence electrons. The van der Waals surface area contributed by atoms with Crippen molar-refractivity contribution in [1.82, 2.24) is 5.32 Å². The zero-order valence-electron chi connectivity index (χ0n) is 19.9. The van der Waals surface area contributed by atoms with Crippen LogP contribution in [0.25, 0.3) is 0 Å². The average molecular weight is 501 g/mol. The number of nitrogens with zero attached hydrogens (tertiary/aromatic N) is 1. The van der Waals surface area contributed by atoms with E-state index in [9.17, 15) is 13.2 Å². The summed E-state index contributed by atoms with van der Waals surface area (Å²) in [6.07, 6.45) is 2.09. The number of amides is 1. The molecule has 1 aliphatic carbocycles. The number of aliphatic hydroxyl groups is 1. The van der Waals surface area contributed by atoms with Crippen molar-refractivity contribution in [2.45, 2.75) is 49.1 Å². The van der Waals surface area contributed by atoms with Gasteiger partial charge in [-0.05, 0) is 68.5 Å². The topological polar surface area (TPSA) is 114 Å². The van der Waals surface area contributed by atoms with Crippen molar-refractivity contribution in [3.63, 3.8) is 0 Å². The number of carbonyl (C=O) groups is 1. The first kappa shape index (κ1) is 25.2. The van der Waals surface area contributed by atoms with Crippen molar-refractivity contribution < 1.29 is 27.8 Å². The van der Waals surface area contributed by atoms with E-state index in [-0.39, 0.29) is 29.6 Å². The van der Waals surface area contributed by atoms with Crippen LogP contribution in [-0.2, 0) is 19.4 Å². The molecule has 2 aliphatic rings. The molecule has 2 aromatic carbocycles. The largest absolute Gasteiger partial charge is 0.494 e. The molecule has 1 aliphatic heterocycles. The van der Waals surface area contributed by atoms with E-state index in [4.69, 9.17) is 19.6 Å². The number of benzene rings is 2. The van der Waals surface area contributed by atoms with Crippen LogP contribution >= 0.6 is 0 Å². The van der Waals surface area contributed by atoms with E-state index < -0.39 is 21.5 Å². The minimum atomic E-state index is -3.60. The number of hydrogen-bond donors (Lipinski definition) is 2. The Balaban J connectivity index is 1.56. The molecule has 1 fully saturated rings. The van der Waals surface area contributed by atoms with Crippen molar-refractivity contribution in [1.29, 1.82) is 0 Å². The number of hydrogen-bond acceptors (Lipinski definition) is 7. The summed E-state index contributed by atoms with van der Waals surface area (Å²) in [5.41, 5.74) is -0.670. The molecular formula is C26H32N2O6S. The van der Waals surface area contributed by atoms with Crippen molar-refractivity contribution in [2.24, 2.45) is 10.9 Å². The van der Waals surface area contributed by atoms with Gasteiger partial charge in [0.15, 0.2) is 15.4 Å². The second kappa shape index (κ2) is 10.8. The molecule has 0 radical (unpaired) electrons. The summed E-state index contributed by atoms with van der Waals surface area (Å²) in [6, 6.07) is 15.4. The van der Waals surface area contributed by atoms with Crippen LogP contribution in [0.3, 0.4) is 0 Å². The maximum Gasteiger partial charge on any atom is 0.251 e. The Morgan fingerprint density at radius 2 is 1.89 bits per heavy atom. The number of ether oxygens (including phenoxy) is 2. The molecule has 2 aromatic rings. The van der Waals surface area contributed by atoms with Crippen LogP contribution < -0.4 is 10.1 Å². The van der Waals surface area contributed by atoms with Gasteiger partial charge in [0, 0.05) is 25.1 Å². The fourth-order valence-corrected chi connectivity index (χ4v) is 5.39. The Bertz CT molecular complexity index is 1150. The summed E-state index contributed by atoms with van der Waals surface area (Å²) in [7, 11) is -3.60. The quantitative estimate of drug-likeness (QED) is 0.433. The minimum Gasteiger partial charge on any atom is -0.494 e. The Hall–Kier alpha value is -2.91. The van der Waals surface area contributed by atoms with Crippen molar-refractivity contribution in [3.8, 4) is 5.75 Å². The van der Waals surface area contributed by atoms with Gasteiger partial charge in [-0.15, -0.1) is 0 Å². The third kappa shape index (κ3) is 6.02. The summed E-state index contributed by atoms with van der Waals surface area (Å²) in [6.45, 7) is 2.79. The third-order valence-electron chi connectivity index (χ3n) is 6.43. The maximum absolute atomic E-state index is 13.4. The molecule has 35 heavy (non-hydrogen) atoms. The molecule has 0 unspecified atom stereocenters. The molecule has 1 heterocycles. The highest BCUT2D eigenvalue weighted by Gasteiger charge is 2.50. The third-order valence-corrected chi connectivity index (χ3v) is 8.16. The molecule has 2 atom stereocenters. The molecule has 1 saturated carbocycles. The van der Waals surface area contributed by atoms with Gasteiger partial charge < -0.3 is 19.9 Å². The standard InChI is InChI=1S/C26H32N2O6S/c1-19-26(25(30)27-18-20-8-9-20,14-17-35(31,32)23-6-3-2-4-7-23)28-24(34-19)21-10-12-22(13-11-21)33-16-5-15-29/h2-4,6-7,10-13,19-20,29H,5,8-9,14-18H2,1H3,(H,27,30)/t19-,26-/m1/s1. The Labute approximate surface area is 206 Å². The normalized spacial score (nSPS) is 21.8. The van der Waals surface area contributed by atoms with Crippen molar-refractivity contribution >= 4 is 21.6 Å². The van der Waals surface area contributed by atoms with Crippen molar-refractivity contribution in [2.75, 3.05) is 25.5 Å². The number of rotatable bonds is 12. The van der Waals surface area contributed by atoms with Crippen LogP contribution in [0, 0.1) is 5.92 Å². The summed E-state index contributed by atoms with van der Waals surface area (Å²) >= 11 is 0. The van der Waals surface area contributed by atoms with E-state index in [2.05, 4.69) is 5.32 Å². The van der Waals surface area contributed by atoms with E-state index >= 15 is 0 Å². The lowest BCUT2D eigenvalue weighted by Crippen LogP contribution is -2.52. The molecule has 0 bridgehead atoms. The molecule has 2 N–H and O–H groups in total. The minimum absolute atomic E-state index is 0.00769. The Morgan fingerprint density at radius 1 is 1.17 bits per heavy atom. The second-order valence-corrected chi connectivity index (χ2v) is 11.2. The molecule has 4 rings (SSSR count). The van der Waals surface area contributed by atoms with E-state index in [0.29, 0.717) is 42.7 Å². The van der Waals surface area contributed by atoms with Gasteiger partial charge in [0.2, 0.25) is 5.90 Å². The fraction of sp³-hybridized carbons (Fsp3) is 0.462. The van der Waals surface area contributed by atoms with Crippen LogP contribution in [-0.4, -0.2) is 62.5 Å². The number of sulfone groups is 1. The fourth-order valence-electron chi connectivity index (χ4n) is 4.00. The molecular weight excluding hydrogens is 468 g/mol. The lowest BCUT2D eigenvalue weighted by molar-refractivity contribution is -0.128. The van der Waals surface area contributed by atoms with E-state index in [1.54, 1.807) is 61.5 Å². The number of aliphatic hydroxyl groups excluding tert-OH is 1. The smallest absolute Gasteiger partial charge is 0.251 e. The lowest BCUT2D eigenvalue weighted by Gasteiger charge is -2.28. The molecule has 0 spiro atoms. The van der Waals surface area contributed by atoms with Gasteiger partial charge in [0.05, 0.1) is 17.3 Å². The van der Waals surface area contributed by atoms with Crippen LogP contribution in [0.1, 0.15) is 38.2 Å². The molecule has 0 saturated heterocycles. The molecule has 0 aromatic heterocycles. The van der Waals surface area contributed by atoms with E-state index in [1.807, 2.05) is 0 Å². The van der Waals surface area contributed by atoms with Gasteiger partial charge in [0.1, 0.15) is 11.9 Å². The van der Waals surface area contributed by atoms with Gasteiger partial charge in [-0.2, -0.15) is 0 Å². The lowest BCUT2D eigenvalue weighted by atomic mass is 9.90. The predicted octanol–water partition coefficient (Wildman–Crippen LogP) is 2.74. The maximum atomic E-state index is 13.4. The summed E-state index contributed by atoms with van der Waals surface area (Å²) in [5, 5.41) is 11.9. The summed E-state index contributed by atoms with van der Waals surface area (Å²) in [4.78, 5) is 18.3. The predicted molar refractivity (Wildman–Crippen MR) is 132 cm³/mol. The zero-order chi connectivity index (χ0) is 24.9. The zero-order valence-corrected chi connectivity index (χ0v) is 20.7. The van der Waals surface area contributed by atoms with Crippen LogP contribution in [0.15, 0.2) is 64.5 Å². The summed E-state index contributed by atoms with van der Waals surface area (Å²) in [5.74, 6) is 0.896. The number of carbonyl (C=O) groups excluding carboxylic acids is 1. The highest BCUT2D eigenvalue weighted by Crippen LogP contribution is 2.34. The number of nitrogens with one attached hydrogen (secondary N) is 1. The number of aliphatic imine (C=N–C) groups is 1. The first-order chi connectivity index (χ1) is 16.8. The monoisotopic (exact) mass is 500 g/mol. The highest BCUT2D eigenvalue weighted by atomic mass is 32.2. The highest BCUT2D eigenvalue weighted by molar-refractivity contribution is 7.91. The van der Waals surface area contributed by atoms with Gasteiger partial charge in [-0.1, -0.05) is 18.2 Å². The van der Waals surface area contributed by atoms with Crippen LogP contribution in [0.4, 0.5) is 0 Å². The van der Waals surface area contributed by atoms with Crippen LogP contribution in [0.2, 0.25) is 0 Å². The Morgan fingerprint density at radius 3 is 2.54 bits per heavy atom. The average Bonchev–Trinajstić information content (AvgIpc) is 3.64. The van der Waals surface area contributed by atoms with Gasteiger partial charge in [-0.3, -0.25) is 4.79 Å². The molecule has 8 nitrogen and oxygen atoms in total. The van der Waals surface area contributed by atoms with E-state index in [0.717, 1.165) is 12.8 Å². The van der Waals surface area contributed by atoms with Crippen LogP contribution in [0.5, 0.6) is 5.75 Å². The van der Waals surface area contributed by atoms with Gasteiger partial charge in [0.25, 0.3) is 5.91 Å². The first-order valence-corrected chi connectivity index (χ1v) is 13.7. The van der Waals surface area contributed by atoms with E-state index in [1.165, 1.54) is 0 Å². The first-order valence-electron chi connectivity index (χ1n) is 12.0. The van der Waals surface area contributed by atoms with Gasteiger partial charge in [-0.25, -0.2) is 13.4 Å². The SMILES string of the molecule is C[C@H]1OC(c2ccc(OCCCO)cc2)=N[C@@]1(CCS(=O)(=O)c1ccccc1)C(=O)NCC1CC1. The molecule has 9 heteroatoms. The van der Waals surface area contributed by atoms with Gasteiger partial charge >= 0.3 is 0 Å².